The van der Waals surface area contributed by atoms with Crippen molar-refractivity contribution in [2.45, 2.75) is 53.9 Å². The zero-order chi connectivity index (χ0) is 38.8. The molecule has 7 aromatic heterocycles. The zero-order valence-corrected chi connectivity index (χ0v) is 33.5. The molecule has 282 valence electrons. The summed E-state index contributed by atoms with van der Waals surface area (Å²) in [6, 6.07) is 8.79. The Morgan fingerprint density at radius 1 is 0.411 bits per heavy atom. The van der Waals surface area contributed by atoms with Crippen LogP contribution in [0.25, 0.3) is 91.9 Å². The molecule has 0 saturated carbocycles. The van der Waals surface area contributed by atoms with Crippen LogP contribution >= 0.6 is 0 Å². The Hall–Kier alpha value is -6.56. The van der Waals surface area contributed by atoms with Crippen LogP contribution in [0.4, 0.5) is 0 Å². The molecular formula is C44H50N12+4. The van der Waals surface area contributed by atoms with Crippen molar-refractivity contribution in [3.8, 4) is 45.6 Å². The summed E-state index contributed by atoms with van der Waals surface area (Å²) in [5.41, 5.74) is 11.6. The highest BCUT2D eigenvalue weighted by Gasteiger charge is 2.30. The van der Waals surface area contributed by atoms with Gasteiger partial charge in [0.15, 0.2) is 0 Å². The maximum Gasteiger partial charge on any atom is 0.292 e. The van der Waals surface area contributed by atoms with Crippen molar-refractivity contribution in [1.29, 1.82) is 0 Å². The molecule has 2 aliphatic rings. The molecule has 0 spiro atoms. The van der Waals surface area contributed by atoms with E-state index in [2.05, 4.69) is 201 Å². The van der Waals surface area contributed by atoms with Crippen LogP contribution in [-0.2, 0) is 54.4 Å². The summed E-state index contributed by atoms with van der Waals surface area (Å²) < 4.78 is 17.9. The van der Waals surface area contributed by atoms with Gasteiger partial charge in [-0.15, -0.1) is 0 Å². The summed E-state index contributed by atoms with van der Waals surface area (Å²) in [5.74, 6) is 4.28. The Balaban J connectivity index is 1.53. The molecule has 0 atom stereocenters. The summed E-state index contributed by atoms with van der Waals surface area (Å²) >= 11 is 0. The van der Waals surface area contributed by atoms with Gasteiger partial charge in [-0.2, -0.15) is 0 Å². The highest BCUT2D eigenvalue weighted by atomic mass is 15.2. The molecular weight excluding hydrogens is 697 g/mol. The van der Waals surface area contributed by atoms with Gasteiger partial charge < -0.3 is 9.97 Å². The molecule has 12 nitrogen and oxygen atoms in total. The first-order valence-corrected chi connectivity index (χ1v) is 19.6. The SMILES string of the molecule is CCn1cc[n+](C)c1-c1c2nc(c(-c3n(CC)cc[n+]3C)c3ccc([nH]3)c(-c3n(CC)cc[n+]3C)c3nc(c(-c4n(CC)cc[n+]4C)c4ccc1[nH]4)C=C3)C=C2. The molecule has 2 aliphatic heterocycles. The molecule has 12 heteroatoms. The van der Waals surface area contributed by atoms with Crippen LogP contribution in [-0.4, -0.2) is 38.2 Å². The van der Waals surface area contributed by atoms with Gasteiger partial charge in [-0.05, 0) is 76.3 Å². The number of H-pyrrole nitrogens is 2. The van der Waals surface area contributed by atoms with Gasteiger partial charge in [0.05, 0.1) is 99.2 Å². The van der Waals surface area contributed by atoms with E-state index in [9.17, 15) is 0 Å². The van der Waals surface area contributed by atoms with Gasteiger partial charge in [-0.25, -0.2) is 46.5 Å². The van der Waals surface area contributed by atoms with Crippen molar-refractivity contribution >= 4 is 46.4 Å². The molecule has 0 aromatic carbocycles. The number of aryl methyl sites for hydroxylation is 8. The highest BCUT2D eigenvalue weighted by Crippen LogP contribution is 2.37. The lowest BCUT2D eigenvalue weighted by atomic mass is 10.1. The van der Waals surface area contributed by atoms with Gasteiger partial charge in [0, 0.05) is 0 Å². The molecule has 56 heavy (non-hydrogen) atoms. The first-order valence-electron chi connectivity index (χ1n) is 19.6. The summed E-state index contributed by atoms with van der Waals surface area (Å²) in [6.07, 6.45) is 25.7. The molecule has 2 N–H and O–H groups in total. The molecule has 9 rings (SSSR count). The largest absolute Gasteiger partial charge is 0.354 e. The quantitative estimate of drug-likeness (QED) is 0.190. The molecule has 0 aliphatic carbocycles. The lowest BCUT2D eigenvalue weighted by Crippen LogP contribution is -2.29. The first-order chi connectivity index (χ1) is 27.2. The summed E-state index contributed by atoms with van der Waals surface area (Å²) in [7, 11) is 8.43. The highest BCUT2D eigenvalue weighted by molar-refractivity contribution is 5.97. The van der Waals surface area contributed by atoms with E-state index in [1.54, 1.807) is 0 Å². The maximum absolute atomic E-state index is 5.54. The van der Waals surface area contributed by atoms with Crippen molar-refractivity contribution in [2.75, 3.05) is 0 Å². The molecule has 0 fully saturated rings. The molecule has 9 heterocycles. The lowest BCUT2D eigenvalue weighted by molar-refractivity contribution is -0.659. The van der Waals surface area contributed by atoms with E-state index in [-0.39, 0.29) is 0 Å². The van der Waals surface area contributed by atoms with Crippen LogP contribution in [0.3, 0.4) is 0 Å². The van der Waals surface area contributed by atoms with Gasteiger partial charge in [-0.3, -0.25) is 0 Å². The summed E-state index contributed by atoms with van der Waals surface area (Å²) in [6.45, 7) is 12.0. The average Bonchev–Trinajstić information content (AvgIpc) is 4.06. The van der Waals surface area contributed by atoms with Crippen LogP contribution in [0.2, 0.25) is 0 Å². The lowest BCUT2D eigenvalue weighted by Gasteiger charge is -2.05. The fraction of sp³-hybridized carbons (Fsp3) is 0.273. The van der Waals surface area contributed by atoms with E-state index in [1.807, 2.05) is 0 Å². The van der Waals surface area contributed by atoms with E-state index in [1.165, 1.54) is 0 Å². The summed E-state index contributed by atoms with van der Waals surface area (Å²) in [4.78, 5) is 18.9. The van der Waals surface area contributed by atoms with Gasteiger partial charge in [0.1, 0.15) is 71.8 Å². The first kappa shape index (κ1) is 35.2. The second kappa shape index (κ2) is 13.6. The number of rotatable bonds is 8. The van der Waals surface area contributed by atoms with Gasteiger partial charge in [0.25, 0.3) is 23.3 Å². The molecule has 8 bridgehead atoms. The number of nitrogens with zero attached hydrogens (tertiary/aromatic N) is 10. The van der Waals surface area contributed by atoms with Gasteiger partial charge in [-0.1, -0.05) is 0 Å². The monoisotopic (exact) mass is 746 g/mol. The second-order valence-corrected chi connectivity index (χ2v) is 14.6. The third-order valence-corrected chi connectivity index (χ3v) is 11.3. The van der Waals surface area contributed by atoms with Crippen molar-refractivity contribution in [2.24, 2.45) is 28.2 Å². The van der Waals surface area contributed by atoms with Crippen molar-refractivity contribution in [3.63, 3.8) is 0 Å². The molecule has 0 radical (unpaired) electrons. The smallest absolute Gasteiger partial charge is 0.292 e. The number of imidazole rings is 4. The number of hydrogen-bond acceptors (Lipinski definition) is 2. The third-order valence-electron chi connectivity index (χ3n) is 11.3. The molecule has 0 saturated heterocycles. The number of aromatic nitrogens is 12. The van der Waals surface area contributed by atoms with Gasteiger partial charge in [0.2, 0.25) is 0 Å². The van der Waals surface area contributed by atoms with Crippen LogP contribution in [0, 0.1) is 0 Å². The molecule has 0 unspecified atom stereocenters. The fourth-order valence-electron chi connectivity index (χ4n) is 8.54. The van der Waals surface area contributed by atoms with Crippen molar-refractivity contribution in [3.05, 3.63) is 96.6 Å². The predicted octanol–water partition coefficient (Wildman–Crippen LogP) is 5.91. The Labute approximate surface area is 326 Å². The minimum Gasteiger partial charge on any atom is -0.354 e. The number of aromatic amines is 2. The van der Waals surface area contributed by atoms with Crippen LogP contribution in [0.5, 0.6) is 0 Å². The van der Waals surface area contributed by atoms with E-state index < -0.39 is 0 Å². The standard InChI is InChI=1S/C44H49N12/c1-9-53-25-21-49(5)41(53)37-29-13-15-31(45-29)38(42-50(6)22-26-54(42)10-2)33-17-19-35(47-33)40(44-52(8)24-28-56(44)12-4)36-20-18-34(48-36)39(32-16-14-30(37)46-32)43-51(7)23-27-55(43)11-3/h13-28H,9-12H2,1-8H3,(H,45,46,47,48)/q+3/p+1. The maximum atomic E-state index is 5.54. The van der Waals surface area contributed by atoms with Crippen molar-refractivity contribution in [1.82, 2.24) is 38.2 Å². The third kappa shape index (κ3) is 5.42. The Bertz CT molecular complexity index is 2530. The predicted molar refractivity (Wildman–Crippen MR) is 220 cm³/mol. The van der Waals surface area contributed by atoms with E-state index in [0.717, 1.165) is 117 Å². The topological polar surface area (TPSA) is 92.6 Å². The van der Waals surface area contributed by atoms with E-state index in [0.29, 0.717) is 0 Å². The Morgan fingerprint density at radius 3 is 0.857 bits per heavy atom. The molecule has 0 amide bonds. The fourth-order valence-corrected chi connectivity index (χ4v) is 8.54. The summed E-state index contributed by atoms with van der Waals surface area (Å²) in [5, 5.41) is 0. The minimum atomic E-state index is 0.818. The van der Waals surface area contributed by atoms with Crippen LogP contribution < -0.4 is 18.3 Å². The van der Waals surface area contributed by atoms with Crippen LogP contribution in [0.15, 0.2) is 73.8 Å². The number of nitrogens with one attached hydrogen (secondary N) is 2. The zero-order valence-electron chi connectivity index (χ0n) is 33.5. The van der Waals surface area contributed by atoms with Gasteiger partial charge >= 0.3 is 0 Å². The number of fused-ring (bicyclic) bond motifs is 8. The second-order valence-electron chi connectivity index (χ2n) is 14.6. The Morgan fingerprint density at radius 2 is 0.643 bits per heavy atom. The van der Waals surface area contributed by atoms with Crippen LogP contribution in [0.1, 0.15) is 50.5 Å². The normalized spacial score (nSPS) is 12.4. The van der Waals surface area contributed by atoms with Crippen molar-refractivity contribution < 1.29 is 18.3 Å². The Kier molecular flexibility index (Phi) is 8.56. The van der Waals surface area contributed by atoms with E-state index >= 15 is 0 Å². The average molecular weight is 747 g/mol. The molecule has 7 aromatic rings. The van der Waals surface area contributed by atoms with E-state index in [4.69, 9.17) is 9.97 Å². The minimum absolute atomic E-state index is 0.818. The number of hydrogen-bond donors (Lipinski definition) is 2.